The fourth-order valence-corrected chi connectivity index (χ4v) is 2.01. The van der Waals surface area contributed by atoms with E-state index in [1.54, 1.807) is 0 Å². The molecule has 0 radical (unpaired) electrons. The quantitative estimate of drug-likeness (QED) is 0.648. The predicted octanol–water partition coefficient (Wildman–Crippen LogP) is 1.25. The van der Waals surface area contributed by atoms with E-state index in [9.17, 15) is 9.59 Å². The average molecular weight is 279 g/mol. The summed E-state index contributed by atoms with van der Waals surface area (Å²) >= 11 is 6.37. The summed E-state index contributed by atoms with van der Waals surface area (Å²) in [4.78, 5) is 26.9. The Hall–Kier alpha value is -1.18. The van der Waals surface area contributed by atoms with E-state index in [-0.39, 0.29) is 18.4 Å². The van der Waals surface area contributed by atoms with Gasteiger partial charge in [-0.15, -0.1) is 11.6 Å². The molecule has 1 aromatic rings. The lowest BCUT2D eigenvalue weighted by atomic mass is 10.4. The molecule has 1 amide bonds. The third-order valence-corrected chi connectivity index (χ3v) is 2.95. The minimum atomic E-state index is -0.513. The molecule has 0 bridgehead atoms. The Bertz CT molecular complexity index is 421. The molecule has 1 heterocycles. The number of nitrogens with zero attached hydrogens (tertiary/aromatic N) is 1. The van der Waals surface area contributed by atoms with Crippen LogP contribution in [-0.2, 0) is 20.9 Å². The number of nitrogens with one attached hydrogen (secondary N) is 1. The Morgan fingerprint density at radius 3 is 2.71 bits per heavy atom. The minimum absolute atomic E-state index is 0.164. The van der Waals surface area contributed by atoms with Gasteiger partial charge in [-0.2, -0.15) is 0 Å². The maximum absolute atomic E-state index is 11.4. The summed E-state index contributed by atoms with van der Waals surface area (Å²) in [7, 11) is 2.76. The first-order chi connectivity index (χ1) is 8.12. The maximum Gasteiger partial charge on any atom is 0.350 e. The molecule has 8 heteroatoms. The van der Waals surface area contributed by atoms with Gasteiger partial charge in [-0.05, 0) is 0 Å². The molecular formula is C9H11ClN2O4S. The van der Waals surface area contributed by atoms with Crippen LogP contribution < -0.4 is 5.32 Å². The number of carbonyl (C=O) groups is 2. The highest BCUT2D eigenvalue weighted by Gasteiger charge is 2.19. The summed E-state index contributed by atoms with van der Waals surface area (Å²) in [5, 5.41) is 2.76. The number of hydrogen-bond donors (Lipinski definition) is 1. The maximum atomic E-state index is 11.4. The molecule has 17 heavy (non-hydrogen) atoms. The van der Waals surface area contributed by atoms with Gasteiger partial charge in [0.25, 0.3) is 0 Å². The van der Waals surface area contributed by atoms with E-state index >= 15 is 0 Å². The zero-order chi connectivity index (χ0) is 12.8. The predicted molar refractivity (Wildman–Crippen MR) is 63.5 cm³/mol. The number of rotatable bonds is 5. The van der Waals surface area contributed by atoms with Crippen LogP contribution in [0.3, 0.4) is 0 Å². The molecule has 6 nitrogen and oxygen atoms in total. The minimum Gasteiger partial charge on any atom is -0.465 e. The summed E-state index contributed by atoms with van der Waals surface area (Å²) in [5.74, 6) is -1.08. The molecular weight excluding hydrogens is 268 g/mol. The largest absolute Gasteiger partial charge is 0.465 e. The van der Waals surface area contributed by atoms with Crippen molar-refractivity contribution in [3.8, 4) is 0 Å². The van der Waals surface area contributed by atoms with Crippen LogP contribution in [0.1, 0.15) is 15.4 Å². The number of aromatic nitrogens is 1. The van der Waals surface area contributed by atoms with Gasteiger partial charge in [-0.1, -0.05) is 11.3 Å². The van der Waals surface area contributed by atoms with Crippen LogP contribution in [0.25, 0.3) is 0 Å². The van der Waals surface area contributed by atoms with Gasteiger partial charge in [0.2, 0.25) is 5.91 Å². The van der Waals surface area contributed by atoms with Gasteiger partial charge in [0.15, 0.2) is 5.13 Å². The standard InChI is InChI=1S/C9H11ClN2O4S/c1-15-4-5-7(8(14)16-2)17-9(11-5)12-6(13)3-10/h3-4H2,1-2H3,(H,11,12,13). The number of halogens is 1. The van der Waals surface area contributed by atoms with Crippen LogP contribution in [0.5, 0.6) is 0 Å². The Balaban J connectivity index is 2.94. The van der Waals surface area contributed by atoms with Crippen LogP contribution >= 0.6 is 22.9 Å². The molecule has 0 fully saturated rings. The Labute approximate surface area is 107 Å². The van der Waals surface area contributed by atoms with Crippen LogP contribution in [-0.4, -0.2) is 37.0 Å². The van der Waals surface area contributed by atoms with Crippen LogP contribution in [0.15, 0.2) is 0 Å². The lowest BCUT2D eigenvalue weighted by molar-refractivity contribution is -0.113. The molecule has 0 aliphatic rings. The number of esters is 1. The highest BCUT2D eigenvalue weighted by atomic mass is 35.5. The van der Waals surface area contributed by atoms with Crippen molar-refractivity contribution in [2.45, 2.75) is 6.61 Å². The van der Waals surface area contributed by atoms with Crippen LogP contribution in [0.2, 0.25) is 0 Å². The average Bonchev–Trinajstić information content (AvgIpc) is 2.71. The number of methoxy groups -OCH3 is 2. The molecule has 0 unspecified atom stereocenters. The number of anilines is 1. The van der Waals surface area contributed by atoms with Crippen molar-refractivity contribution in [2.75, 3.05) is 25.4 Å². The van der Waals surface area contributed by atoms with E-state index in [0.29, 0.717) is 15.7 Å². The SMILES string of the molecule is COCc1nc(NC(=O)CCl)sc1C(=O)OC. The van der Waals surface area contributed by atoms with E-state index in [1.807, 2.05) is 0 Å². The zero-order valence-corrected chi connectivity index (χ0v) is 10.9. The van der Waals surface area contributed by atoms with E-state index in [4.69, 9.17) is 16.3 Å². The third kappa shape index (κ3) is 3.65. The first-order valence-corrected chi connectivity index (χ1v) is 5.90. The van der Waals surface area contributed by atoms with Gasteiger partial charge in [-0.25, -0.2) is 9.78 Å². The molecule has 0 aliphatic carbocycles. The zero-order valence-electron chi connectivity index (χ0n) is 9.28. The summed E-state index contributed by atoms with van der Waals surface area (Å²) < 4.78 is 9.51. The second-order valence-corrected chi connectivity index (χ2v) is 4.17. The topological polar surface area (TPSA) is 77.5 Å². The molecule has 0 saturated carbocycles. The molecule has 0 spiro atoms. The second-order valence-electron chi connectivity index (χ2n) is 2.90. The van der Waals surface area contributed by atoms with Crippen molar-refractivity contribution < 1.29 is 19.1 Å². The molecule has 0 aliphatic heterocycles. The van der Waals surface area contributed by atoms with E-state index in [1.165, 1.54) is 14.2 Å². The number of amides is 1. The highest BCUT2D eigenvalue weighted by molar-refractivity contribution is 7.17. The van der Waals surface area contributed by atoms with E-state index in [2.05, 4.69) is 15.0 Å². The van der Waals surface area contributed by atoms with Gasteiger partial charge >= 0.3 is 5.97 Å². The number of hydrogen-bond acceptors (Lipinski definition) is 6. The summed E-state index contributed by atoms with van der Waals surface area (Å²) in [6.07, 6.45) is 0. The van der Waals surface area contributed by atoms with Crippen molar-refractivity contribution in [3.63, 3.8) is 0 Å². The van der Waals surface area contributed by atoms with Crippen molar-refractivity contribution in [3.05, 3.63) is 10.6 Å². The first-order valence-electron chi connectivity index (χ1n) is 4.55. The molecule has 94 valence electrons. The normalized spacial score (nSPS) is 10.1. The van der Waals surface area contributed by atoms with Gasteiger partial charge in [0.05, 0.1) is 19.4 Å². The van der Waals surface area contributed by atoms with Crippen molar-refractivity contribution in [1.82, 2.24) is 4.98 Å². The van der Waals surface area contributed by atoms with Crippen LogP contribution in [0.4, 0.5) is 5.13 Å². The number of ether oxygens (including phenoxy) is 2. The molecule has 1 rings (SSSR count). The van der Waals surface area contributed by atoms with Crippen LogP contribution in [0, 0.1) is 0 Å². The van der Waals surface area contributed by atoms with Crippen molar-refractivity contribution >= 4 is 39.9 Å². The van der Waals surface area contributed by atoms with Gasteiger partial charge in [0.1, 0.15) is 10.8 Å². The summed E-state index contributed by atoms with van der Waals surface area (Å²) in [5.41, 5.74) is 0.425. The molecule has 1 N–H and O–H groups in total. The lowest BCUT2D eigenvalue weighted by Gasteiger charge is -1.97. The Kier molecular flexibility index (Phi) is 5.33. The highest BCUT2D eigenvalue weighted by Crippen LogP contribution is 2.24. The van der Waals surface area contributed by atoms with Gasteiger partial charge in [0, 0.05) is 7.11 Å². The fourth-order valence-electron chi connectivity index (χ4n) is 1.04. The number of alkyl halides is 1. The van der Waals surface area contributed by atoms with Crippen molar-refractivity contribution in [1.29, 1.82) is 0 Å². The fraction of sp³-hybridized carbons (Fsp3) is 0.444. The van der Waals surface area contributed by atoms with Gasteiger partial charge in [-0.3, -0.25) is 4.79 Å². The van der Waals surface area contributed by atoms with E-state index < -0.39 is 5.97 Å². The summed E-state index contributed by atoms with van der Waals surface area (Å²) in [6.45, 7) is 0.164. The molecule has 1 aromatic heterocycles. The second kappa shape index (κ2) is 6.53. The lowest BCUT2D eigenvalue weighted by Crippen LogP contribution is -2.12. The third-order valence-electron chi connectivity index (χ3n) is 1.72. The smallest absolute Gasteiger partial charge is 0.350 e. The van der Waals surface area contributed by atoms with E-state index in [0.717, 1.165) is 11.3 Å². The monoisotopic (exact) mass is 278 g/mol. The Morgan fingerprint density at radius 1 is 1.47 bits per heavy atom. The molecule has 0 atom stereocenters. The summed E-state index contributed by atoms with van der Waals surface area (Å²) in [6, 6.07) is 0. The number of thiazole rings is 1. The number of carbonyl (C=O) groups excluding carboxylic acids is 2. The Morgan fingerprint density at radius 2 is 2.18 bits per heavy atom. The first kappa shape index (κ1) is 13.9. The van der Waals surface area contributed by atoms with Crippen molar-refractivity contribution in [2.24, 2.45) is 0 Å². The molecule has 0 saturated heterocycles. The van der Waals surface area contributed by atoms with Gasteiger partial charge < -0.3 is 14.8 Å². The molecule has 0 aromatic carbocycles.